The predicted molar refractivity (Wildman–Crippen MR) is 113 cm³/mol. The molecule has 0 saturated heterocycles. The molecule has 0 radical (unpaired) electrons. The van der Waals surface area contributed by atoms with Gasteiger partial charge in [0.15, 0.2) is 11.5 Å². The van der Waals surface area contributed by atoms with Crippen molar-refractivity contribution in [2.45, 2.75) is 13.2 Å². The highest BCUT2D eigenvalue weighted by Gasteiger charge is 2.12. The quantitative estimate of drug-likeness (QED) is 0.452. The van der Waals surface area contributed by atoms with E-state index >= 15 is 0 Å². The van der Waals surface area contributed by atoms with E-state index in [1.807, 2.05) is 48.5 Å². The molecule has 3 nitrogen and oxygen atoms in total. The zero-order valence-corrected chi connectivity index (χ0v) is 16.9. The lowest BCUT2D eigenvalue weighted by Gasteiger charge is -2.17. The zero-order chi connectivity index (χ0) is 19.2. The van der Waals surface area contributed by atoms with Gasteiger partial charge in [-0.1, -0.05) is 65.1 Å². The van der Waals surface area contributed by atoms with Gasteiger partial charge in [-0.2, -0.15) is 0 Å². The van der Waals surface area contributed by atoms with Crippen LogP contribution in [0.3, 0.4) is 0 Å². The minimum atomic E-state index is 0.342. The van der Waals surface area contributed by atoms with Crippen molar-refractivity contribution in [3.8, 4) is 11.5 Å². The van der Waals surface area contributed by atoms with Crippen LogP contribution in [0.15, 0.2) is 60.7 Å². The number of halogens is 3. The number of hydrogen-bond acceptors (Lipinski definition) is 3. The molecule has 6 heteroatoms. The average Bonchev–Trinajstić information content (AvgIpc) is 2.67. The fourth-order valence-electron chi connectivity index (χ4n) is 2.61. The molecule has 0 saturated carbocycles. The van der Waals surface area contributed by atoms with Gasteiger partial charge in [-0.05, 0) is 30.3 Å². The molecule has 27 heavy (non-hydrogen) atoms. The van der Waals surface area contributed by atoms with Gasteiger partial charge in [0.25, 0.3) is 0 Å². The molecule has 0 aromatic heterocycles. The monoisotopic (exact) mass is 421 g/mol. The summed E-state index contributed by atoms with van der Waals surface area (Å²) in [5.41, 5.74) is 2.64. The normalized spacial score (nSPS) is 10.5. The smallest absolute Gasteiger partial charge is 0.166 e. The molecule has 0 aliphatic rings. The van der Waals surface area contributed by atoms with Crippen molar-refractivity contribution in [2.75, 3.05) is 12.4 Å². The van der Waals surface area contributed by atoms with Crippen molar-refractivity contribution in [1.82, 2.24) is 0 Å². The zero-order valence-electron chi connectivity index (χ0n) is 14.6. The number of benzene rings is 3. The Hall–Kier alpha value is -2.07. The summed E-state index contributed by atoms with van der Waals surface area (Å²) in [4.78, 5) is 0. The van der Waals surface area contributed by atoms with Crippen LogP contribution in [-0.2, 0) is 13.2 Å². The molecule has 0 amide bonds. The largest absolute Gasteiger partial charge is 0.493 e. The Morgan fingerprint density at radius 2 is 1.63 bits per heavy atom. The Labute approximate surface area is 173 Å². The first-order chi connectivity index (χ1) is 13.1. The number of methoxy groups -OCH3 is 1. The van der Waals surface area contributed by atoms with Crippen LogP contribution in [0, 0.1) is 0 Å². The molecule has 0 atom stereocenters. The lowest BCUT2D eigenvalue weighted by Crippen LogP contribution is -2.05. The van der Waals surface area contributed by atoms with E-state index < -0.39 is 0 Å². The Bertz CT molecular complexity index is 931. The van der Waals surface area contributed by atoms with Crippen LogP contribution >= 0.6 is 34.8 Å². The van der Waals surface area contributed by atoms with Gasteiger partial charge in [-0.3, -0.25) is 0 Å². The second-order valence-electron chi connectivity index (χ2n) is 5.81. The maximum absolute atomic E-state index is 6.24. The van der Waals surface area contributed by atoms with Gasteiger partial charge in [0.1, 0.15) is 6.61 Å². The second-order valence-corrected chi connectivity index (χ2v) is 7.06. The Morgan fingerprint density at radius 1 is 0.852 bits per heavy atom. The van der Waals surface area contributed by atoms with E-state index in [0.717, 1.165) is 16.8 Å². The minimum Gasteiger partial charge on any atom is -0.493 e. The third kappa shape index (κ3) is 5.01. The van der Waals surface area contributed by atoms with E-state index in [-0.39, 0.29) is 0 Å². The van der Waals surface area contributed by atoms with Crippen molar-refractivity contribution in [2.24, 2.45) is 0 Å². The van der Waals surface area contributed by atoms with Crippen LogP contribution in [-0.4, -0.2) is 7.11 Å². The maximum Gasteiger partial charge on any atom is 0.166 e. The summed E-state index contributed by atoms with van der Waals surface area (Å²) < 4.78 is 11.5. The molecule has 1 N–H and O–H groups in total. The van der Waals surface area contributed by atoms with Gasteiger partial charge in [0, 0.05) is 27.7 Å². The van der Waals surface area contributed by atoms with Crippen LogP contribution in [0.25, 0.3) is 0 Å². The molecule has 3 aromatic carbocycles. The molecule has 0 aliphatic carbocycles. The molecular formula is C21H18Cl3NO2. The van der Waals surface area contributed by atoms with Crippen molar-refractivity contribution in [3.05, 3.63) is 86.9 Å². The Morgan fingerprint density at radius 3 is 2.37 bits per heavy atom. The molecule has 0 unspecified atom stereocenters. The standard InChI is InChI=1S/C21H18Cl3NO2/c1-26-20-8-4-6-14(12-25-19-10-9-16(22)11-18(19)24)21(20)27-13-15-5-2-3-7-17(15)23/h2-11,25H,12-13H2,1H3. The highest BCUT2D eigenvalue weighted by Crippen LogP contribution is 2.34. The van der Waals surface area contributed by atoms with Gasteiger partial charge in [0.05, 0.1) is 17.8 Å². The molecule has 0 fully saturated rings. The van der Waals surface area contributed by atoms with Crippen LogP contribution in [0.1, 0.15) is 11.1 Å². The van der Waals surface area contributed by atoms with Crippen LogP contribution in [0.2, 0.25) is 15.1 Å². The van der Waals surface area contributed by atoms with Crippen LogP contribution < -0.4 is 14.8 Å². The van der Waals surface area contributed by atoms with Gasteiger partial charge in [-0.15, -0.1) is 0 Å². The van der Waals surface area contributed by atoms with Gasteiger partial charge < -0.3 is 14.8 Å². The van der Waals surface area contributed by atoms with E-state index in [1.54, 1.807) is 19.2 Å². The number of ether oxygens (including phenoxy) is 2. The molecule has 3 aromatic rings. The summed E-state index contributed by atoms with van der Waals surface area (Å²) in [6.45, 7) is 0.852. The number of para-hydroxylation sites is 1. The topological polar surface area (TPSA) is 30.5 Å². The van der Waals surface area contributed by atoms with E-state index in [0.29, 0.717) is 39.7 Å². The van der Waals surface area contributed by atoms with Gasteiger partial charge in [0.2, 0.25) is 0 Å². The van der Waals surface area contributed by atoms with Crippen molar-refractivity contribution < 1.29 is 9.47 Å². The summed E-state index contributed by atoms with van der Waals surface area (Å²) in [5.74, 6) is 1.32. The van der Waals surface area contributed by atoms with Crippen LogP contribution in [0.5, 0.6) is 11.5 Å². The number of rotatable bonds is 7. The summed E-state index contributed by atoms with van der Waals surface area (Å²) in [6, 6.07) is 18.7. The highest BCUT2D eigenvalue weighted by atomic mass is 35.5. The molecule has 0 bridgehead atoms. The predicted octanol–water partition coefficient (Wildman–Crippen LogP) is 6.85. The third-order valence-corrected chi connectivity index (χ3v) is 4.93. The lowest BCUT2D eigenvalue weighted by atomic mass is 10.1. The highest BCUT2D eigenvalue weighted by molar-refractivity contribution is 6.36. The number of nitrogens with one attached hydrogen (secondary N) is 1. The third-order valence-electron chi connectivity index (χ3n) is 4.01. The Kier molecular flexibility index (Phi) is 6.73. The molecule has 0 spiro atoms. The van der Waals surface area contributed by atoms with Crippen molar-refractivity contribution in [3.63, 3.8) is 0 Å². The first-order valence-corrected chi connectivity index (χ1v) is 9.43. The molecule has 140 valence electrons. The molecule has 3 rings (SSSR count). The lowest BCUT2D eigenvalue weighted by molar-refractivity contribution is 0.282. The minimum absolute atomic E-state index is 0.342. The SMILES string of the molecule is COc1cccc(CNc2ccc(Cl)cc2Cl)c1OCc1ccccc1Cl. The molecule has 0 heterocycles. The van der Waals surface area contributed by atoms with Gasteiger partial charge in [-0.25, -0.2) is 0 Å². The average molecular weight is 423 g/mol. The summed E-state index contributed by atoms with van der Waals surface area (Å²) in [5, 5.41) is 5.12. The number of hydrogen-bond donors (Lipinski definition) is 1. The van der Waals surface area contributed by atoms with E-state index in [4.69, 9.17) is 44.3 Å². The maximum atomic E-state index is 6.24. The first-order valence-electron chi connectivity index (χ1n) is 8.29. The molecular weight excluding hydrogens is 405 g/mol. The fraction of sp³-hybridized carbons (Fsp3) is 0.143. The number of anilines is 1. The van der Waals surface area contributed by atoms with E-state index in [1.165, 1.54) is 0 Å². The van der Waals surface area contributed by atoms with Crippen molar-refractivity contribution >= 4 is 40.5 Å². The van der Waals surface area contributed by atoms with Crippen LogP contribution in [0.4, 0.5) is 5.69 Å². The summed E-state index contributed by atoms with van der Waals surface area (Å²) >= 11 is 18.4. The Balaban J connectivity index is 1.79. The summed E-state index contributed by atoms with van der Waals surface area (Å²) in [7, 11) is 1.62. The first kappa shape index (κ1) is 19.7. The van der Waals surface area contributed by atoms with Crippen molar-refractivity contribution in [1.29, 1.82) is 0 Å². The fourth-order valence-corrected chi connectivity index (χ4v) is 3.28. The molecule has 0 aliphatic heterocycles. The van der Waals surface area contributed by atoms with E-state index in [2.05, 4.69) is 5.32 Å². The van der Waals surface area contributed by atoms with E-state index in [9.17, 15) is 0 Å². The second kappa shape index (κ2) is 9.23. The summed E-state index contributed by atoms with van der Waals surface area (Å²) in [6.07, 6.45) is 0. The van der Waals surface area contributed by atoms with Gasteiger partial charge >= 0.3 is 0 Å².